The molecule has 2 heterocycles. The van der Waals surface area contributed by atoms with Gasteiger partial charge in [-0.2, -0.15) is 0 Å². The lowest BCUT2D eigenvalue weighted by Crippen LogP contribution is -2.14. The highest BCUT2D eigenvalue weighted by atomic mass is 32.1. The SMILES string of the molecule is O=C(Nc1ccc(-c2cn3ccsc3n2)cc1)c1ccc(NC(=O)C2CC2)cc1. The molecule has 2 amide bonds. The number of rotatable bonds is 5. The van der Waals surface area contributed by atoms with Crippen LogP contribution in [0.25, 0.3) is 16.2 Å². The highest BCUT2D eigenvalue weighted by Crippen LogP contribution is 2.30. The number of carbonyl (C=O) groups is 2. The molecule has 0 bridgehead atoms. The van der Waals surface area contributed by atoms with Crippen molar-refractivity contribution >= 4 is 39.5 Å². The van der Waals surface area contributed by atoms with Gasteiger partial charge in [0.1, 0.15) is 0 Å². The molecule has 2 aromatic carbocycles. The van der Waals surface area contributed by atoms with Gasteiger partial charge in [0.2, 0.25) is 5.91 Å². The van der Waals surface area contributed by atoms with Crippen molar-refractivity contribution in [1.29, 1.82) is 0 Å². The molecule has 1 aliphatic carbocycles. The number of hydrogen-bond acceptors (Lipinski definition) is 4. The van der Waals surface area contributed by atoms with Crippen LogP contribution in [0.2, 0.25) is 0 Å². The van der Waals surface area contributed by atoms with E-state index < -0.39 is 0 Å². The van der Waals surface area contributed by atoms with Crippen LogP contribution in [0.15, 0.2) is 66.3 Å². The van der Waals surface area contributed by atoms with Gasteiger partial charge in [0.05, 0.1) is 5.69 Å². The summed E-state index contributed by atoms with van der Waals surface area (Å²) in [5.74, 6) is 0.0134. The van der Waals surface area contributed by atoms with Crippen LogP contribution in [-0.4, -0.2) is 21.2 Å². The van der Waals surface area contributed by atoms with Crippen molar-refractivity contribution in [3.05, 3.63) is 71.9 Å². The van der Waals surface area contributed by atoms with Crippen molar-refractivity contribution in [3.63, 3.8) is 0 Å². The Labute approximate surface area is 171 Å². The molecule has 2 aromatic heterocycles. The summed E-state index contributed by atoms with van der Waals surface area (Å²) >= 11 is 1.59. The summed E-state index contributed by atoms with van der Waals surface area (Å²) in [6.45, 7) is 0. The first-order valence-electron chi connectivity index (χ1n) is 9.41. The average Bonchev–Trinajstić information content (AvgIpc) is 3.37. The lowest BCUT2D eigenvalue weighted by atomic mass is 10.1. The van der Waals surface area contributed by atoms with E-state index >= 15 is 0 Å². The third-order valence-corrected chi connectivity index (χ3v) is 5.67. The molecule has 29 heavy (non-hydrogen) atoms. The molecule has 7 heteroatoms. The third kappa shape index (κ3) is 3.77. The Kier molecular flexibility index (Phi) is 4.37. The molecule has 4 aromatic rings. The first kappa shape index (κ1) is 17.6. The zero-order chi connectivity index (χ0) is 19.8. The summed E-state index contributed by atoms with van der Waals surface area (Å²) < 4.78 is 1.99. The van der Waals surface area contributed by atoms with Gasteiger partial charge >= 0.3 is 0 Å². The first-order valence-corrected chi connectivity index (χ1v) is 10.3. The van der Waals surface area contributed by atoms with Crippen LogP contribution >= 0.6 is 11.3 Å². The van der Waals surface area contributed by atoms with Gasteiger partial charge in [0, 0.05) is 46.2 Å². The molecule has 0 radical (unpaired) electrons. The van der Waals surface area contributed by atoms with E-state index in [1.54, 1.807) is 35.6 Å². The molecule has 6 nitrogen and oxygen atoms in total. The van der Waals surface area contributed by atoms with Gasteiger partial charge in [-0.15, -0.1) is 11.3 Å². The predicted molar refractivity (Wildman–Crippen MR) is 114 cm³/mol. The van der Waals surface area contributed by atoms with Crippen molar-refractivity contribution in [2.75, 3.05) is 10.6 Å². The minimum absolute atomic E-state index is 0.0554. The van der Waals surface area contributed by atoms with Crippen LogP contribution in [0.3, 0.4) is 0 Å². The van der Waals surface area contributed by atoms with Crippen molar-refractivity contribution in [2.45, 2.75) is 12.8 Å². The average molecular weight is 402 g/mol. The number of hydrogen-bond donors (Lipinski definition) is 2. The molecule has 1 fully saturated rings. The van der Waals surface area contributed by atoms with Gasteiger partial charge in [-0.1, -0.05) is 12.1 Å². The smallest absolute Gasteiger partial charge is 0.255 e. The monoisotopic (exact) mass is 402 g/mol. The summed E-state index contributed by atoms with van der Waals surface area (Å²) in [5, 5.41) is 7.77. The number of nitrogens with zero attached hydrogens (tertiary/aromatic N) is 2. The Morgan fingerprint density at radius 1 is 0.966 bits per heavy atom. The summed E-state index contributed by atoms with van der Waals surface area (Å²) in [6.07, 6.45) is 5.89. The molecule has 0 unspecified atom stereocenters. The van der Waals surface area contributed by atoms with Crippen molar-refractivity contribution in [2.24, 2.45) is 5.92 Å². The van der Waals surface area contributed by atoms with Gasteiger partial charge < -0.3 is 10.6 Å². The second kappa shape index (κ2) is 7.18. The maximum Gasteiger partial charge on any atom is 0.255 e. The van der Waals surface area contributed by atoms with E-state index in [9.17, 15) is 9.59 Å². The number of amides is 2. The van der Waals surface area contributed by atoms with E-state index in [0.29, 0.717) is 16.9 Å². The van der Waals surface area contributed by atoms with Crippen LogP contribution in [-0.2, 0) is 4.79 Å². The Hall–Kier alpha value is -3.45. The highest BCUT2D eigenvalue weighted by molar-refractivity contribution is 7.15. The molecule has 2 N–H and O–H groups in total. The number of imidazole rings is 1. The van der Waals surface area contributed by atoms with E-state index in [4.69, 9.17) is 0 Å². The van der Waals surface area contributed by atoms with E-state index in [-0.39, 0.29) is 17.7 Å². The third-order valence-electron chi connectivity index (χ3n) is 4.89. The highest BCUT2D eigenvalue weighted by Gasteiger charge is 2.29. The maximum atomic E-state index is 12.5. The van der Waals surface area contributed by atoms with Gasteiger partial charge in [-0.3, -0.25) is 14.0 Å². The molecule has 144 valence electrons. The van der Waals surface area contributed by atoms with Gasteiger partial charge in [0.25, 0.3) is 5.91 Å². The standard InChI is InChI=1S/C22H18N4O2S/c27-20(15-1-2-15)24-18-9-5-16(6-10-18)21(28)23-17-7-3-14(4-8-17)19-13-26-11-12-29-22(26)25-19/h3-13,15H,1-2H2,(H,23,28)(H,24,27). The molecule has 0 atom stereocenters. The zero-order valence-electron chi connectivity index (χ0n) is 15.5. The number of fused-ring (bicyclic) bond motifs is 1. The van der Waals surface area contributed by atoms with E-state index in [1.165, 1.54) is 0 Å². The molecule has 5 rings (SSSR count). The second-order valence-electron chi connectivity index (χ2n) is 7.09. The topological polar surface area (TPSA) is 75.5 Å². The zero-order valence-corrected chi connectivity index (χ0v) is 16.3. The Bertz CT molecular complexity index is 1160. The molecule has 1 aliphatic rings. The predicted octanol–water partition coefficient (Wildman–Crippen LogP) is 4.66. The quantitative estimate of drug-likeness (QED) is 0.510. The van der Waals surface area contributed by atoms with Gasteiger partial charge in [-0.05, 0) is 49.2 Å². The molecule has 0 spiro atoms. The fourth-order valence-electron chi connectivity index (χ4n) is 3.09. The van der Waals surface area contributed by atoms with E-state index in [2.05, 4.69) is 15.6 Å². The van der Waals surface area contributed by atoms with Crippen LogP contribution in [0.1, 0.15) is 23.2 Å². The molecule has 0 aliphatic heterocycles. The van der Waals surface area contributed by atoms with Crippen LogP contribution in [0.4, 0.5) is 11.4 Å². The number of benzene rings is 2. The molecular formula is C22H18N4O2S. The number of thiazole rings is 1. The lowest BCUT2D eigenvalue weighted by Gasteiger charge is -2.08. The fourth-order valence-corrected chi connectivity index (χ4v) is 3.79. The summed E-state index contributed by atoms with van der Waals surface area (Å²) in [5.41, 5.74) is 3.86. The largest absolute Gasteiger partial charge is 0.326 e. The molecule has 0 saturated heterocycles. The van der Waals surface area contributed by atoms with Crippen LogP contribution < -0.4 is 10.6 Å². The number of carbonyl (C=O) groups excluding carboxylic acids is 2. The van der Waals surface area contributed by atoms with Crippen LogP contribution in [0.5, 0.6) is 0 Å². The van der Waals surface area contributed by atoms with Crippen molar-refractivity contribution < 1.29 is 9.59 Å². The van der Waals surface area contributed by atoms with Crippen LogP contribution in [0, 0.1) is 5.92 Å². The number of aromatic nitrogens is 2. The Balaban J connectivity index is 1.24. The van der Waals surface area contributed by atoms with Gasteiger partial charge in [0.15, 0.2) is 4.96 Å². The first-order chi connectivity index (χ1) is 14.2. The van der Waals surface area contributed by atoms with Crippen molar-refractivity contribution in [1.82, 2.24) is 9.38 Å². The lowest BCUT2D eigenvalue weighted by molar-refractivity contribution is -0.117. The minimum Gasteiger partial charge on any atom is -0.326 e. The second-order valence-corrected chi connectivity index (χ2v) is 7.96. The molecular weight excluding hydrogens is 384 g/mol. The number of nitrogens with one attached hydrogen (secondary N) is 2. The Morgan fingerprint density at radius 2 is 1.66 bits per heavy atom. The summed E-state index contributed by atoms with van der Waals surface area (Å²) in [6, 6.07) is 14.5. The summed E-state index contributed by atoms with van der Waals surface area (Å²) in [4.78, 5) is 29.8. The summed E-state index contributed by atoms with van der Waals surface area (Å²) in [7, 11) is 0. The molecule has 1 saturated carbocycles. The normalized spacial score (nSPS) is 13.4. The fraction of sp³-hybridized carbons (Fsp3) is 0.136. The van der Waals surface area contributed by atoms with Crippen molar-refractivity contribution in [3.8, 4) is 11.3 Å². The van der Waals surface area contributed by atoms with Gasteiger partial charge in [-0.25, -0.2) is 4.98 Å². The number of anilines is 2. The van der Waals surface area contributed by atoms with E-state index in [0.717, 1.165) is 29.1 Å². The Morgan fingerprint density at radius 3 is 2.34 bits per heavy atom. The minimum atomic E-state index is -0.194. The van der Waals surface area contributed by atoms with E-state index in [1.807, 2.05) is 46.4 Å². The maximum absolute atomic E-state index is 12.5.